The summed E-state index contributed by atoms with van der Waals surface area (Å²) in [7, 11) is 0. The zero-order valence-corrected chi connectivity index (χ0v) is 27.7. The highest BCUT2D eigenvalue weighted by Crippen LogP contribution is 2.12. The molecule has 3 atom stereocenters. The number of ether oxygens (including phenoxy) is 1. The van der Waals surface area contributed by atoms with Crippen molar-refractivity contribution in [2.45, 2.75) is 64.1 Å². The fraction of sp³-hybridized carbons (Fsp3) is 0.343. The van der Waals surface area contributed by atoms with Gasteiger partial charge in [-0.1, -0.05) is 115 Å². The minimum Gasteiger partial charge on any atom is -0.388 e. The highest BCUT2D eigenvalue weighted by Gasteiger charge is 2.31. The number of hydrogen-bond acceptors (Lipinski definition) is 6. The number of alkyl halides is 1. The average Bonchev–Trinajstić information content (AvgIpc) is 3.03. The molecule has 0 saturated heterocycles. The fourth-order valence-electron chi connectivity index (χ4n) is 4.66. The van der Waals surface area contributed by atoms with E-state index in [9.17, 15) is 24.0 Å². The predicted octanol–water partition coefficient (Wildman–Crippen LogP) is 4.57. The first-order valence-corrected chi connectivity index (χ1v) is 16.5. The van der Waals surface area contributed by atoms with Gasteiger partial charge in [-0.15, -0.1) is 0 Å². The van der Waals surface area contributed by atoms with Crippen molar-refractivity contribution < 1.29 is 28.7 Å². The van der Waals surface area contributed by atoms with Crippen molar-refractivity contribution in [3.8, 4) is 0 Å². The van der Waals surface area contributed by atoms with E-state index in [1.807, 2.05) is 50.2 Å². The summed E-state index contributed by atoms with van der Waals surface area (Å²) in [6, 6.07) is 23.7. The molecule has 0 aromatic heterocycles. The molecule has 3 rings (SSSR count). The average molecular weight is 726 g/mol. The smallest absolute Gasteiger partial charge is 0.345 e. The van der Waals surface area contributed by atoms with E-state index in [1.54, 1.807) is 42.5 Å². The molecule has 0 aliphatic rings. The molecular formula is C35H40IN3O6. The Bertz CT molecular complexity index is 1400. The number of amides is 3. The van der Waals surface area contributed by atoms with E-state index in [4.69, 9.17) is 4.74 Å². The Morgan fingerprint density at radius 1 is 0.689 bits per heavy atom. The first-order valence-electron chi connectivity index (χ1n) is 15.0. The van der Waals surface area contributed by atoms with Crippen LogP contribution in [-0.2, 0) is 36.8 Å². The van der Waals surface area contributed by atoms with Gasteiger partial charge in [0, 0.05) is 17.3 Å². The molecule has 9 nitrogen and oxygen atoms in total. The Hall–Kier alpha value is -4.06. The van der Waals surface area contributed by atoms with Gasteiger partial charge in [-0.05, 0) is 48.4 Å². The van der Waals surface area contributed by atoms with Crippen LogP contribution in [0.2, 0.25) is 0 Å². The van der Waals surface area contributed by atoms with Crippen LogP contribution in [0, 0.1) is 5.92 Å². The van der Waals surface area contributed by atoms with Crippen LogP contribution in [0.15, 0.2) is 91.0 Å². The van der Waals surface area contributed by atoms with Crippen LogP contribution in [0.3, 0.4) is 0 Å². The van der Waals surface area contributed by atoms with E-state index in [0.717, 1.165) is 11.1 Å². The maximum Gasteiger partial charge on any atom is 0.345 e. The van der Waals surface area contributed by atoms with E-state index in [0.29, 0.717) is 17.3 Å². The Labute approximate surface area is 278 Å². The third-order valence-electron chi connectivity index (χ3n) is 6.96. The van der Waals surface area contributed by atoms with Gasteiger partial charge < -0.3 is 20.7 Å². The van der Waals surface area contributed by atoms with Gasteiger partial charge in [0.2, 0.25) is 17.7 Å². The maximum absolute atomic E-state index is 13.7. The van der Waals surface area contributed by atoms with E-state index in [1.165, 1.54) is 12.1 Å². The highest BCUT2D eigenvalue weighted by molar-refractivity contribution is 14.1. The standard InChI is InChI=1S/C35H40IN3O6/c1-24(2)22-29(38-32(41)28(37-31(40)20-21-36)19-18-25-12-6-3-7-13-25)33(42)39-30(23-26-14-8-4-9-15-26)35(44)45-34(43)27-16-10-5-11-17-27/h3-17,24,28-30H,18-23H2,1-2H3,(H,37,40)(H,38,41)(H,39,42)/t28-,29-,30-/m0/s1. The second-order valence-corrected chi connectivity index (χ2v) is 12.2. The molecule has 0 fully saturated rings. The van der Waals surface area contributed by atoms with Crippen molar-refractivity contribution in [1.29, 1.82) is 0 Å². The van der Waals surface area contributed by atoms with Crippen LogP contribution >= 0.6 is 22.6 Å². The molecule has 3 aromatic carbocycles. The second kappa shape index (κ2) is 18.7. The van der Waals surface area contributed by atoms with Gasteiger partial charge in [0.15, 0.2) is 0 Å². The predicted molar refractivity (Wildman–Crippen MR) is 181 cm³/mol. The molecular weight excluding hydrogens is 685 g/mol. The van der Waals surface area contributed by atoms with E-state index in [-0.39, 0.29) is 36.7 Å². The summed E-state index contributed by atoms with van der Waals surface area (Å²) in [5.74, 6) is -3.07. The first kappa shape index (κ1) is 35.4. The lowest BCUT2D eigenvalue weighted by Crippen LogP contribution is -2.56. The van der Waals surface area contributed by atoms with Gasteiger partial charge in [-0.25, -0.2) is 9.59 Å². The van der Waals surface area contributed by atoms with Crippen LogP contribution in [0.5, 0.6) is 0 Å². The van der Waals surface area contributed by atoms with Gasteiger partial charge in [0.05, 0.1) is 5.56 Å². The first-order chi connectivity index (χ1) is 21.7. The molecule has 3 amide bonds. The molecule has 0 spiro atoms. The molecule has 238 valence electrons. The Morgan fingerprint density at radius 2 is 1.22 bits per heavy atom. The lowest BCUT2D eigenvalue weighted by Gasteiger charge is -2.26. The Balaban J connectivity index is 1.78. The molecule has 3 aromatic rings. The van der Waals surface area contributed by atoms with Crippen molar-refractivity contribution in [2.24, 2.45) is 5.92 Å². The number of carbonyl (C=O) groups excluding carboxylic acids is 5. The number of esters is 2. The van der Waals surface area contributed by atoms with Crippen LogP contribution < -0.4 is 16.0 Å². The van der Waals surface area contributed by atoms with Crippen molar-refractivity contribution in [2.75, 3.05) is 4.43 Å². The summed E-state index contributed by atoms with van der Waals surface area (Å²) in [5.41, 5.74) is 1.96. The normalized spacial score (nSPS) is 12.8. The number of hydrogen-bond donors (Lipinski definition) is 3. The lowest BCUT2D eigenvalue weighted by atomic mass is 10.00. The largest absolute Gasteiger partial charge is 0.388 e. The van der Waals surface area contributed by atoms with Gasteiger partial charge >= 0.3 is 11.9 Å². The van der Waals surface area contributed by atoms with Crippen LogP contribution in [0.1, 0.15) is 54.6 Å². The molecule has 0 saturated carbocycles. The molecule has 0 unspecified atom stereocenters. The molecule has 45 heavy (non-hydrogen) atoms. The summed E-state index contributed by atoms with van der Waals surface area (Å²) < 4.78 is 5.76. The maximum atomic E-state index is 13.7. The van der Waals surface area contributed by atoms with Gasteiger partial charge in [-0.2, -0.15) is 0 Å². The van der Waals surface area contributed by atoms with Crippen molar-refractivity contribution in [3.05, 3.63) is 108 Å². The Morgan fingerprint density at radius 3 is 1.80 bits per heavy atom. The summed E-state index contributed by atoms with van der Waals surface area (Å²) in [5, 5.41) is 8.36. The van der Waals surface area contributed by atoms with Crippen LogP contribution in [0.25, 0.3) is 0 Å². The second-order valence-electron chi connectivity index (χ2n) is 11.1. The molecule has 3 N–H and O–H groups in total. The van der Waals surface area contributed by atoms with Crippen LogP contribution in [0.4, 0.5) is 0 Å². The minimum atomic E-state index is -1.20. The third kappa shape index (κ3) is 12.5. The van der Waals surface area contributed by atoms with Crippen molar-refractivity contribution >= 4 is 52.3 Å². The number of aryl methyl sites for hydroxylation is 1. The summed E-state index contributed by atoms with van der Waals surface area (Å²) in [6.07, 6.45) is 1.49. The molecule has 0 aliphatic heterocycles. The zero-order valence-electron chi connectivity index (χ0n) is 25.5. The SMILES string of the molecule is CC(C)C[C@H](NC(=O)[C@H](CCc1ccccc1)NC(=O)CCI)C(=O)N[C@@H](Cc1ccccc1)C(=O)OC(=O)c1ccccc1. The molecule has 0 heterocycles. The van der Waals surface area contributed by atoms with Crippen LogP contribution in [-0.4, -0.2) is 52.2 Å². The quantitative estimate of drug-likeness (QED) is 0.0859. The number of benzene rings is 3. The summed E-state index contributed by atoms with van der Waals surface area (Å²) in [4.78, 5) is 65.7. The Kier molecular flexibility index (Phi) is 14.7. The zero-order chi connectivity index (χ0) is 32.6. The van der Waals surface area contributed by atoms with Gasteiger partial charge in [0.1, 0.15) is 18.1 Å². The van der Waals surface area contributed by atoms with E-state index in [2.05, 4.69) is 38.5 Å². The molecule has 0 bridgehead atoms. The summed E-state index contributed by atoms with van der Waals surface area (Å²) in [6.45, 7) is 3.82. The number of halogens is 1. The molecule has 0 radical (unpaired) electrons. The van der Waals surface area contributed by atoms with E-state index < -0.39 is 41.9 Å². The van der Waals surface area contributed by atoms with Gasteiger partial charge in [0.25, 0.3) is 0 Å². The number of rotatable bonds is 16. The molecule has 10 heteroatoms. The summed E-state index contributed by atoms with van der Waals surface area (Å²) >= 11 is 2.10. The third-order valence-corrected chi connectivity index (χ3v) is 7.50. The number of nitrogens with one attached hydrogen (secondary N) is 3. The molecule has 0 aliphatic carbocycles. The van der Waals surface area contributed by atoms with E-state index >= 15 is 0 Å². The topological polar surface area (TPSA) is 131 Å². The van der Waals surface area contributed by atoms with Gasteiger partial charge in [-0.3, -0.25) is 14.4 Å². The van der Waals surface area contributed by atoms with Crippen molar-refractivity contribution in [3.63, 3.8) is 0 Å². The fourth-order valence-corrected chi connectivity index (χ4v) is 5.15. The number of carbonyl (C=O) groups is 5. The highest BCUT2D eigenvalue weighted by atomic mass is 127. The van der Waals surface area contributed by atoms with Crippen molar-refractivity contribution in [1.82, 2.24) is 16.0 Å². The lowest BCUT2D eigenvalue weighted by molar-refractivity contribution is -0.143. The monoisotopic (exact) mass is 725 g/mol. The minimum absolute atomic E-state index is 0.0108.